The summed E-state index contributed by atoms with van der Waals surface area (Å²) in [5.41, 5.74) is 0.831. The molecule has 7 heteroatoms. The van der Waals surface area contributed by atoms with Crippen LogP contribution in [0.25, 0.3) is 11.4 Å². The molecule has 0 amide bonds. The quantitative estimate of drug-likeness (QED) is 0.713. The first-order valence-electron chi connectivity index (χ1n) is 6.63. The van der Waals surface area contributed by atoms with Crippen LogP contribution in [0.2, 0.25) is 10.0 Å². The van der Waals surface area contributed by atoms with Crippen LogP contribution in [0.1, 0.15) is 0 Å². The van der Waals surface area contributed by atoms with Crippen LogP contribution < -0.4 is 4.74 Å². The zero-order valence-electron chi connectivity index (χ0n) is 11.5. The van der Waals surface area contributed by atoms with Crippen molar-refractivity contribution in [2.24, 2.45) is 0 Å². The fourth-order valence-corrected chi connectivity index (χ4v) is 2.17. The molecule has 22 heavy (non-hydrogen) atoms. The number of benzene rings is 2. The highest BCUT2D eigenvalue weighted by molar-refractivity contribution is 6.31. The molecule has 0 N–H and O–H groups in total. The zero-order chi connectivity index (χ0) is 15.4. The molecule has 1 aromatic heterocycles. The second-order valence-electron chi connectivity index (χ2n) is 4.52. The first-order valence-corrected chi connectivity index (χ1v) is 7.38. The molecule has 0 bridgehead atoms. The summed E-state index contributed by atoms with van der Waals surface area (Å²) in [4.78, 5) is 1.49. The van der Waals surface area contributed by atoms with E-state index in [0.717, 1.165) is 11.3 Å². The van der Waals surface area contributed by atoms with Crippen LogP contribution in [0.3, 0.4) is 0 Å². The molecule has 0 unspecified atom stereocenters. The second-order valence-corrected chi connectivity index (χ2v) is 5.39. The Labute approximate surface area is 137 Å². The van der Waals surface area contributed by atoms with Crippen LogP contribution >= 0.6 is 23.2 Å². The maximum atomic E-state index is 5.95. The van der Waals surface area contributed by atoms with Gasteiger partial charge in [0, 0.05) is 15.6 Å². The fourth-order valence-electron chi connectivity index (χ4n) is 1.86. The van der Waals surface area contributed by atoms with Gasteiger partial charge in [-0.2, -0.15) is 4.80 Å². The highest BCUT2D eigenvalue weighted by Gasteiger charge is 2.06. The molecular formula is C15H12Cl2N4O. The minimum absolute atomic E-state index is 0.437. The first-order chi connectivity index (χ1) is 10.7. The van der Waals surface area contributed by atoms with E-state index in [1.54, 1.807) is 24.3 Å². The summed E-state index contributed by atoms with van der Waals surface area (Å²) in [5.74, 6) is 1.29. The standard InChI is InChI=1S/C15H12Cl2N4O/c16-12-4-6-14(7-5-12)22-9-8-21-19-15(18-20-21)11-2-1-3-13(17)10-11/h1-7,10H,8-9H2. The van der Waals surface area contributed by atoms with E-state index in [0.29, 0.717) is 29.0 Å². The second kappa shape index (κ2) is 6.77. The summed E-state index contributed by atoms with van der Waals surface area (Å²) in [6.45, 7) is 0.934. The third kappa shape index (κ3) is 3.75. The van der Waals surface area contributed by atoms with Crippen molar-refractivity contribution in [3.05, 3.63) is 58.6 Å². The van der Waals surface area contributed by atoms with Gasteiger partial charge in [0.2, 0.25) is 5.82 Å². The number of rotatable bonds is 5. The third-order valence-corrected chi connectivity index (χ3v) is 3.40. The first kappa shape index (κ1) is 14.8. The Kier molecular flexibility index (Phi) is 4.56. The summed E-state index contributed by atoms with van der Waals surface area (Å²) in [6.07, 6.45) is 0. The van der Waals surface area contributed by atoms with E-state index in [2.05, 4.69) is 15.4 Å². The molecule has 0 aliphatic heterocycles. The van der Waals surface area contributed by atoms with Crippen LogP contribution in [0.4, 0.5) is 0 Å². The van der Waals surface area contributed by atoms with E-state index in [9.17, 15) is 0 Å². The average molecular weight is 335 g/mol. The van der Waals surface area contributed by atoms with Crippen LogP contribution in [-0.2, 0) is 6.54 Å². The molecule has 0 saturated heterocycles. The van der Waals surface area contributed by atoms with Gasteiger partial charge >= 0.3 is 0 Å². The molecule has 0 spiro atoms. The van der Waals surface area contributed by atoms with Gasteiger partial charge in [0.15, 0.2) is 0 Å². The molecule has 3 rings (SSSR count). The molecular weight excluding hydrogens is 323 g/mol. The Balaban J connectivity index is 1.59. The van der Waals surface area contributed by atoms with Crippen molar-refractivity contribution in [3.8, 4) is 17.1 Å². The molecule has 112 valence electrons. The van der Waals surface area contributed by atoms with Gasteiger partial charge in [-0.05, 0) is 41.6 Å². The van der Waals surface area contributed by atoms with Crippen LogP contribution in [-0.4, -0.2) is 26.8 Å². The maximum Gasteiger partial charge on any atom is 0.204 e. The summed E-state index contributed by atoms with van der Waals surface area (Å²) in [5, 5.41) is 13.6. The van der Waals surface area contributed by atoms with Crippen molar-refractivity contribution < 1.29 is 4.74 Å². The predicted octanol–water partition coefficient (Wildman–Crippen LogP) is 3.73. The van der Waals surface area contributed by atoms with Gasteiger partial charge < -0.3 is 4.74 Å². The lowest BCUT2D eigenvalue weighted by molar-refractivity contribution is 0.280. The van der Waals surface area contributed by atoms with Crippen molar-refractivity contribution in [2.45, 2.75) is 6.54 Å². The highest BCUT2D eigenvalue weighted by atomic mass is 35.5. The van der Waals surface area contributed by atoms with Crippen molar-refractivity contribution in [3.63, 3.8) is 0 Å². The monoisotopic (exact) mass is 334 g/mol. The largest absolute Gasteiger partial charge is 0.492 e. The third-order valence-electron chi connectivity index (χ3n) is 2.91. The Morgan fingerprint density at radius 1 is 1.00 bits per heavy atom. The van der Waals surface area contributed by atoms with Gasteiger partial charge in [0.05, 0.1) is 6.54 Å². The SMILES string of the molecule is Clc1ccc(OCCn2nnc(-c3cccc(Cl)c3)n2)cc1. The molecule has 0 fully saturated rings. The Hall–Kier alpha value is -2.11. The van der Waals surface area contributed by atoms with Gasteiger partial charge in [0.1, 0.15) is 12.4 Å². The minimum atomic E-state index is 0.437. The van der Waals surface area contributed by atoms with Gasteiger partial charge in [-0.1, -0.05) is 35.3 Å². The normalized spacial score (nSPS) is 10.6. The average Bonchev–Trinajstić information content (AvgIpc) is 2.98. The van der Waals surface area contributed by atoms with Crippen LogP contribution in [0.5, 0.6) is 5.75 Å². The van der Waals surface area contributed by atoms with Crippen molar-refractivity contribution in [1.29, 1.82) is 0 Å². The summed E-state index contributed by atoms with van der Waals surface area (Å²) in [6, 6.07) is 14.5. The van der Waals surface area contributed by atoms with E-state index >= 15 is 0 Å². The van der Waals surface area contributed by atoms with Gasteiger partial charge in [0.25, 0.3) is 0 Å². The van der Waals surface area contributed by atoms with Crippen LogP contribution in [0, 0.1) is 0 Å². The van der Waals surface area contributed by atoms with E-state index in [4.69, 9.17) is 27.9 Å². The Morgan fingerprint density at radius 2 is 1.82 bits per heavy atom. The summed E-state index contributed by atoms with van der Waals surface area (Å²) in [7, 11) is 0. The van der Waals surface area contributed by atoms with Gasteiger partial charge in [-0.25, -0.2) is 0 Å². The molecule has 2 aromatic carbocycles. The van der Waals surface area contributed by atoms with E-state index in [1.165, 1.54) is 4.80 Å². The van der Waals surface area contributed by atoms with E-state index < -0.39 is 0 Å². The molecule has 0 aliphatic rings. The maximum absolute atomic E-state index is 5.95. The Morgan fingerprint density at radius 3 is 2.59 bits per heavy atom. The number of halogens is 2. The topological polar surface area (TPSA) is 52.8 Å². The molecule has 5 nitrogen and oxygen atoms in total. The number of tetrazole rings is 1. The lowest BCUT2D eigenvalue weighted by Crippen LogP contribution is -2.11. The zero-order valence-corrected chi connectivity index (χ0v) is 13.0. The number of nitrogens with zero attached hydrogens (tertiary/aromatic N) is 4. The van der Waals surface area contributed by atoms with Crippen LogP contribution in [0.15, 0.2) is 48.5 Å². The molecule has 3 aromatic rings. The molecule has 1 heterocycles. The smallest absolute Gasteiger partial charge is 0.204 e. The van der Waals surface area contributed by atoms with Gasteiger partial charge in [-0.3, -0.25) is 0 Å². The van der Waals surface area contributed by atoms with Gasteiger partial charge in [-0.15, -0.1) is 10.2 Å². The van der Waals surface area contributed by atoms with E-state index in [1.807, 2.05) is 24.3 Å². The highest BCUT2D eigenvalue weighted by Crippen LogP contribution is 2.18. The number of hydrogen-bond acceptors (Lipinski definition) is 4. The van der Waals surface area contributed by atoms with Crippen molar-refractivity contribution >= 4 is 23.2 Å². The fraction of sp³-hybridized carbons (Fsp3) is 0.133. The van der Waals surface area contributed by atoms with E-state index in [-0.39, 0.29) is 0 Å². The Bertz CT molecular complexity index is 758. The lowest BCUT2D eigenvalue weighted by Gasteiger charge is -2.04. The number of hydrogen-bond donors (Lipinski definition) is 0. The predicted molar refractivity (Wildman–Crippen MR) is 85.2 cm³/mol. The lowest BCUT2D eigenvalue weighted by atomic mass is 10.2. The number of aromatic nitrogens is 4. The molecule has 0 aliphatic carbocycles. The summed E-state index contributed by atoms with van der Waals surface area (Å²) < 4.78 is 5.59. The van der Waals surface area contributed by atoms with Crippen molar-refractivity contribution in [1.82, 2.24) is 20.2 Å². The summed E-state index contributed by atoms with van der Waals surface area (Å²) >= 11 is 11.8. The molecule has 0 radical (unpaired) electrons. The minimum Gasteiger partial charge on any atom is -0.492 e. The number of ether oxygens (including phenoxy) is 1. The molecule has 0 atom stereocenters. The molecule has 0 saturated carbocycles. The van der Waals surface area contributed by atoms with Crippen molar-refractivity contribution in [2.75, 3.05) is 6.61 Å².